The molecule has 0 bridgehead atoms. The van der Waals surface area contributed by atoms with E-state index < -0.39 is 0 Å². The third kappa shape index (κ3) is 3.83. The molecule has 0 saturated carbocycles. The van der Waals surface area contributed by atoms with Crippen molar-refractivity contribution >= 4 is 34.4 Å². The summed E-state index contributed by atoms with van der Waals surface area (Å²) in [5.74, 6) is 0.397. The van der Waals surface area contributed by atoms with E-state index in [0.29, 0.717) is 29.2 Å². The van der Waals surface area contributed by atoms with Crippen LogP contribution in [0.15, 0.2) is 43.2 Å². The van der Waals surface area contributed by atoms with Gasteiger partial charge in [0.25, 0.3) is 5.88 Å². The number of carbonyl (C=O) groups is 1. The Labute approximate surface area is 166 Å². The number of rotatable bonds is 5. The molecule has 2 aromatic heterocycles. The summed E-state index contributed by atoms with van der Waals surface area (Å²) in [6.45, 7) is 4.14. The highest BCUT2D eigenvalue weighted by Crippen LogP contribution is 2.32. The molecule has 1 aliphatic rings. The first-order chi connectivity index (χ1) is 13.6. The number of nitrogens with one attached hydrogen (secondary N) is 1. The lowest BCUT2D eigenvalue weighted by Gasteiger charge is -2.23. The second-order valence-corrected chi connectivity index (χ2v) is 6.60. The molecule has 1 atom stereocenters. The van der Waals surface area contributed by atoms with Crippen molar-refractivity contribution < 1.29 is 14.3 Å². The van der Waals surface area contributed by atoms with Crippen LogP contribution in [0.3, 0.4) is 0 Å². The standard InChI is InChI=1S/C19H18ClN5O3/c1-2-14(26)22-12-6-5-7-13(10-12)28-18-16-17(23-19(20)24-18)25(11-21-16)15-8-3-4-9-27-15/h2,5-7,10-11,15H,1,3-4,8-9H2,(H,22,26). The molecule has 0 spiro atoms. The lowest BCUT2D eigenvalue weighted by atomic mass is 10.2. The van der Waals surface area contributed by atoms with Gasteiger partial charge in [0.15, 0.2) is 11.2 Å². The molecule has 4 rings (SSSR count). The fourth-order valence-corrected chi connectivity index (χ4v) is 3.19. The molecular formula is C19H18ClN5O3. The van der Waals surface area contributed by atoms with Crippen LogP contribution in [0.5, 0.6) is 11.6 Å². The van der Waals surface area contributed by atoms with Crippen LogP contribution < -0.4 is 10.1 Å². The molecule has 144 valence electrons. The normalized spacial score (nSPS) is 16.7. The van der Waals surface area contributed by atoms with Gasteiger partial charge in [-0.05, 0) is 49.1 Å². The predicted molar refractivity (Wildman–Crippen MR) is 105 cm³/mol. The smallest absolute Gasteiger partial charge is 0.252 e. The SMILES string of the molecule is C=CC(=O)Nc1cccc(Oc2nc(Cl)nc3c2ncn3C2CCCCO2)c1. The van der Waals surface area contributed by atoms with Crippen LogP contribution in [0, 0.1) is 0 Å². The fraction of sp³-hybridized carbons (Fsp3) is 0.263. The quantitative estimate of drug-likeness (QED) is 0.513. The summed E-state index contributed by atoms with van der Waals surface area (Å²) < 4.78 is 13.6. The Kier molecular flexibility index (Phi) is 5.23. The molecule has 8 nitrogen and oxygen atoms in total. The van der Waals surface area contributed by atoms with E-state index in [1.165, 1.54) is 6.08 Å². The van der Waals surface area contributed by atoms with E-state index in [4.69, 9.17) is 21.1 Å². The number of ether oxygens (including phenoxy) is 2. The van der Waals surface area contributed by atoms with E-state index in [0.717, 1.165) is 19.3 Å². The van der Waals surface area contributed by atoms with Crippen molar-refractivity contribution in [3.05, 3.63) is 48.5 Å². The van der Waals surface area contributed by atoms with Gasteiger partial charge in [0, 0.05) is 18.4 Å². The van der Waals surface area contributed by atoms with E-state index in [1.807, 2.05) is 4.57 Å². The van der Waals surface area contributed by atoms with Gasteiger partial charge in [-0.15, -0.1) is 0 Å². The zero-order valence-electron chi connectivity index (χ0n) is 15.0. The second-order valence-electron chi connectivity index (χ2n) is 6.27. The van der Waals surface area contributed by atoms with Crippen molar-refractivity contribution in [3.63, 3.8) is 0 Å². The fourth-order valence-electron chi connectivity index (χ4n) is 3.03. The molecule has 3 heterocycles. The number of aromatic nitrogens is 4. The molecule has 28 heavy (non-hydrogen) atoms. The van der Waals surface area contributed by atoms with Crippen molar-refractivity contribution in [2.24, 2.45) is 0 Å². The molecule has 0 aliphatic carbocycles. The van der Waals surface area contributed by atoms with Gasteiger partial charge in [0.2, 0.25) is 11.2 Å². The van der Waals surface area contributed by atoms with Crippen molar-refractivity contribution in [2.45, 2.75) is 25.5 Å². The first-order valence-corrected chi connectivity index (χ1v) is 9.25. The van der Waals surface area contributed by atoms with Gasteiger partial charge in [0.1, 0.15) is 12.0 Å². The second kappa shape index (κ2) is 7.95. The third-order valence-corrected chi connectivity index (χ3v) is 4.50. The number of hydrogen-bond acceptors (Lipinski definition) is 6. The minimum absolute atomic E-state index is 0.0520. The van der Waals surface area contributed by atoms with Gasteiger partial charge < -0.3 is 14.8 Å². The number of amides is 1. The molecule has 1 unspecified atom stereocenters. The van der Waals surface area contributed by atoms with E-state index in [1.54, 1.807) is 30.6 Å². The van der Waals surface area contributed by atoms with Crippen molar-refractivity contribution in [1.29, 1.82) is 0 Å². The summed E-state index contributed by atoms with van der Waals surface area (Å²) in [6, 6.07) is 6.91. The minimum Gasteiger partial charge on any atom is -0.437 e. The number of imidazole rings is 1. The number of nitrogens with zero attached hydrogens (tertiary/aromatic N) is 4. The summed E-state index contributed by atoms with van der Waals surface area (Å²) in [4.78, 5) is 24.4. The Morgan fingerprint density at radius 3 is 3.07 bits per heavy atom. The molecule has 3 aromatic rings. The minimum atomic E-state index is -0.309. The topological polar surface area (TPSA) is 91.2 Å². The number of fused-ring (bicyclic) bond motifs is 1. The van der Waals surface area contributed by atoms with Crippen molar-refractivity contribution in [2.75, 3.05) is 11.9 Å². The van der Waals surface area contributed by atoms with Crippen LogP contribution in [0.4, 0.5) is 5.69 Å². The average Bonchev–Trinajstić information content (AvgIpc) is 3.13. The highest BCUT2D eigenvalue weighted by molar-refractivity contribution is 6.28. The van der Waals surface area contributed by atoms with Crippen LogP contribution in [-0.2, 0) is 9.53 Å². The Morgan fingerprint density at radius 1 is 1.39 bits per heavy atom. The number of halogens is 1. The van der Waals surface area contributed by atoms with Crippen LogP contribution in [0.1, 0.15) is 25.5 Å². The first-order valence-electron chi connectivity index (χ1n) is 8.87. The summed E-state index contributed by atoms with van der Waals surface area (Å²) in [7, 11) is 0. The van der Waals surface area contributed by atoms with Crippen LogP contribution in [0.25, 0.3) is 11.2 Å². The van der Waals surface area contributed by atoms with E-state index >= 15 is 0 Å². The molecule has 1 aliphatic heterocycles. The molecular weight excluding hydrogens is 382 g/mol. The highest BCUT2D eigenvalue weighted by atomic mass is 35.5. The van der Waals surface area contributed by atoms with Gasteiger partial charge in [-0.3, -0.25) is 9.36 Å². The third-order valence-electron chi connectivity index (χ3n) is 4.33. The van der Waals surface area contributed by atoms with Crippen LogP contribution >= 0.6 is 11.6 Å². The first kappa shape index (κ1) is 18.4. The Morgan fingerprint density at radius 2 is 2.29 bits per heavy atom. The Balaban J connectivity index is 1.66. The molecule has 1 N–H and O–H groups in total. The van der Waals surface area contributed by atoms with Gasteiger partial charge in [0.05, 0.1) is 6.33 Å². The highest BCUT2D eigenvalue weighted by Gasteiger charge is 2.22. The van der Waals surface area contributed by atoms with Crippen molar-refractivity contribution in [3.8, 4) is 11.6 Å². The number of hydrogen-bond donors (Lipinski definition) is 1. The summed E-state index contributed by atoms with van der Waals surface area (Å²) in [6.07, 6.45) is 5.74. The predicted octanol–water partition coefficient (Wildman–Crippen LogP) is 4.10. The molecule has 1 saturated heterocycles. The Hall–Kier alpha value is -2.97. The molecule has 1 amide bonds. The maximum absolute atomic E-state index is 11.5. The molecule has 1 aromatic carbocycles. The maximum Gasteiger partial charge on any atom is 0.252 e. The molecule has 0 radical (unpaired) electrons. The summed E-state index contributed by atoms with van der Waals surface area (Å²) in [5, 5.41) is 2.73. The van der Waals surface area contributed by atoms with Gasteiger partial charge >= 0.3 is 0 Å². The van der Waals surface area contributed by atoms with E-state index in [-0.39, 0.29) is 23.3 Å². The lowest BCUT2D eigenvalue weighted by molar-refractivity contribution is -0.111. The van der Waals surface area contributed by atoms with Gasteiger partial charge in [-0.25, -0.2) is 4.98 Å². The average molecular weight is 400 g/mol. The maximum atomic E-state index is 11.5. The zero-order valence-corrected chi connectivity index (χ0v) is 15.7. The van der Waals surface area contributed by atoms with Crippen LogP contribution in [0.2, 0.25) is 5.28 Å². The van der Waals surface area contributed by atoms with Gasteiger partial charge in [-0.2, -0.15) is 9.97 Å². The molecule has 9 heteroatoms. The van der Waals surface area contributed by atoms with Gasteiger partial charge in [-0.1, -0.05) is 12.6 Å². The summed E-state index contributed by atoms with van der Waals surface area (Å²) in [5.41, 5.74) is 1.61. The zero-order chi connectivity index (χ0) is 19.5. The summed E-state index contributed by atoms with van der Waals surface area (Å²) >= 11 is 6.12. The van der Waals surface area contributed by atoms with Crippen LogP contribution in [-0.4, -0.2) is 32.0 Å². The van der Waals surface area contributed by atoms with E-state index in [2.05, 4.69) is 26.8 Å². The monoisotopic (exact) mass is 399 g/mol. The number of benzene rings is 1. The molecule has 1 fully saturated rings. The lowest BCUT2D eigenvalue weighted by Crippen LogP contribution is -2.17. The van der Waals surface area contributed by atoms with E-state index in [9.17, 15) is 4.79 Å². The number of anilines is 1. The largest absolute Gasteiger partial charge is 0.437 e. The Bertz CT molecular complexity index is 1030. The number of carbonyl (C=O) groups excluding carboxylic acids is 1. The van der Waals surface area contributed by atoms with Crippen molar-refractivity contribution in [1.82, 2.24) is 19.5 Å².